The van der Waals surface area contributed by atoms with Gasteiger partial charge in [-0.25, -0.2) is 4.79 Å². The van der Waals surface area contributed by atoms with Crippen molar-refractivity contribution in [3.8, 4) is 0 Å². The number of methoxy groups -OCH3 is 1. The van der Waals surface area contributed by atoms with Gasteiger partial charge in [-0.2, -0.15) is 0 Å². The average molecular weight is 149 g/mol. The first-order valence-electron chi connectivity index (χ1n) is 2.83. The highest BCUT2D eigenvalue weighted by Crippen LogP contribution is 1.88. The summed E-state index contributed by atoms with van der Waals surface area (Å²) in [5.41, 5.74) is 5.35. The van der Waals surface area contributed by atoms with E-state index < -0.39 is 6.16 Å². The molecule has 0 aliphatic heterocycles. The monoisotopic (exact) mass is 149 g/mol. The van der Waals surface area contributed by atoms with Crippen LogP contribution in [0, 0.1) is 0 Å². The summed E-state index contributed by atoms with van der Waals surface area (Å²) in [4.78, 5) is 9.15. The average Bonchev–Trinajstić information content (AvgIpc) is 1.61. The zero-order chi connectivity index (χ0) is 8.78. The van der Waals surface area contributed by atoms with Crippen molar-refractivity contribution in [2.24, 2.45) is 5.73 Å². The van der Waals surface area contributed by atoms with E-state index in [1.54, 1.807) is 0 Å². The van der Waals surface area contributed by atoms with Crippen molar-refractivity contribution >= 4 is 6.16 Å². The van der Waals surface area contributed by atoms with Gasteiger partial charge in [0.2, 0.25) is 0 Å². The summed E-state index contributed by atoms with van der Waals surface area (Å²) in [7, 11) is 1.10. The molecule has 0 fully saturated rings. The van der Waals surface area contributed by atoms with Crippen molar-refractivity contribution in [3.05, 3.63) is 0 Å². The van der Waals surface area contributed by atoms with Crippen LogP contribution in [0.5, 0.6) is 0 Å². The van der Waals surface area contributed by atoms with Crippen LogP contribution in [-0.4, -0.2) is 23.9 Å². The fourth-order valence-corrected chi connectivity index (χ4v) is 0. The molecule has 0 aromatic rings. The Hall–Kier alpha value is -0.770. The van der Waals surface area contributed by atoms with Crippen LogP contribution in [0.25, 0.3) is 0 Å². The SMILES string of the molecule is CC(C)(C)N.COC(=O)O. The maximum absolute atomic E-state index is 9.15. The Kier molecular flexibility index (Phi) is 6.04. The molecule has 0 unspecified atom stereocenters. The summed E-state index contributed by atoms with van der Waals surface area (Å²) >= 11 is 0. The molecule has 0 bridgehead atoms. The molecule has 0 amide bonds. The van der Waals surface area contributed by atoms with E-state index in [9.17, 15) is 0 Å². The van der Waals surface area contributed by atoms with Gasteiger partial charge in [-0.1, -0.05) is 0 Å². The first-order chi connectivity index (χ1) is 4.27. The molecule has 0 aromatic carbocycles. The molecule has 62 valence electrons. The van der Waals surface area contributed by atoms with E-state index in [0.717, 1.165) is 7.11 Å². The van der Waals surface area contributed by atoms with Gasteiger partial charge in [0.05, 0.1) is 7.11 Å². The van der Waals surface area contributed by atoms with Crippen LogP contribution in [0.2, 0.25) is 0 Å². The summed E-state index contributed by atoms with van der Waals surface area (Å²) in [5, 5.41) is 7.50. The lowest BCUT2D eigenvalue weighted by atomic mass is 10.1. The van der Waals surface area contributed by atoms with Crippen LogP contribution >= 0.6 is 0 Å². The number of hydrogen-bond acceptors (Lipinski definition) is 3. The zero-order valence-electron chi connectivity index (χ0n) is 6.84. The van der Waals surface area contributed by atoms with E-state index in [0.29, 0.717) is 0 Å². The topological polar surface area (TPSA) is 72.5 Å². The Morgan fingerprint density at radius 2 is 1.60 bits per heavy atom. The van der Waals surface area contributed by atoms with Crippen molar-refractivity contribution in [2.75, 3.05) is 7.11 Å². The molecule has 0 aliphatic rings. The lowest BCUT2D eigenvalue weighted by Crippen LogP contribution is -2.26. The second-order valence-electron chi connectivity index (χ2n) is 2.84. The maximum Gasteiger partial charge on any atom is 0.505 e. The van der Waals surface area contributed by atoms with Crippen molar-refractivity contribution < 1.29 is 14.6 Å². The summed E-state index contributed by atoms with van der Waals surface area (Å²) in [6.45, 7) is 5.90. The Morgan fingerprint density at radius 1 is 1.50 bits per heavy atom. The molecule has 0 saturated heterocycles. The number of carbonyl (C=O) groups is 1. The van der Waals surface area contributed by atoms with Gasteiger partial charge in [-0.05, 0) is 20.8 Å². The molecule has 0 aliphatic carbocycles. The molecule has 0 rings (SSSR count). The Morgan fingerprint density at radius 3 is 1.60 bits per heavy atom. The normalized spacial score (nSPS) is 9.30. The molecule has 4 heteroatoms. The van der Waals surface area contributed by atoms with E-state index in [2.05, 4.69) is 4.74 Å². The smallest absolute Gasteiger partial charge is 0.450 e. The van der Waals surface area contributed by atoms with Crippen LogP contribution in [0.3, 0.4) is 0 Å². The highest BCUT2D eigenvalue weighted by Gasteiger charge is 1.95. The van der Waals surface area contributed by atoms with E-state index >= 15 is 0 Å². The van der Waals surface area contributed by atoms with E-state index in [1.165, 1.54) is 0 Å². The van der Waals surface area contributed by atoms with E-state index in [-0.39, 0.29) is 5.54 Å². The third kappa shape index (κ3) is 185. The number of ether oxygens (including phenoxy) is 1. The second kappa shape index (κ2) is 5.05. The number of nitrogens with two attached hydrogens (primary N) is 1. The molecule has 0 spiro atoms. The van der Waals surface area contributed by atoms with Crippen molar-refractivity contribution in [1.29, 1.82) is 0 Å². The van der Waals surface area contributed by atoms with Crippen LogP contribution in [-0.2, 0) is 4.74 Å². The molecular formula is C6H15NO3. The van der Waals surface area contributed by atoms with Crippen LogP contribution in [0.1, 0.15) is 20.8 Å². The zero-order valence-corrected chi connectivity index (χ0v) is 6.84. The van der Waals surface area contributed by atoms with Gasteiger partial charge in [0, 0.05) is 5.54 Å². The minimum absolute atomic E-state index is 0. The predicted octanol–water partition coefficient (Wildman–Crippen LogP) is 1.05. The van der Waals surface area contributed by atoms with Gasteiger partial charge in [0.15, 0.2) is 0 Å². The molecule has 10 heavy (non-hydrogen) atoms. The Labute approximate surface area is 61.0 Å². The molecule has 0 heterocycles. The van der Waals surface area contributed by atoms with Crippen LogP contribution in [0.4, 0.5) is 4.79 Å². The largest absolute Gasteiger partial charge is 0.505 e. The van der Waals surface area contributed by atoms with Crippen molar-refractivity contribution in [3.63, 3.8) is 0 Å². The molecule has 4 nitrogen and oxygen atoms in total. The molecule has 0 aromatic heterocycles. The Balaban J connectivity index is 0. The maximum atomic E-state index is 9.15. The fourth-order valence-electron chi connectivity index (χ4n) is 0. The second-order valence-corrected chi connectivity index (χ2v) is 2.84. The first kappa shape index (κ1) is 12.0. The van der Waals surface area contributed by atoms with Crippen LogP contribution in [0.15, 0.2) is 0 Å². The molecular weight excluding hydrogens is 134 g/mol. The van der Waals surface area contributed by atoms with Gasteiger partial charge < -0.3 is 15.6 Å². The molecule has 3 N–H and O–H groups in total. The van der Waals surface area contributed by atoms with Gasteiger partial charge in [-0.3, -0.25) is 0 Å². The lowest BCUT2D eigenvalue weighted by molar-refractivity contribution is 0.114. The van der Waals surface area contributed by atoms with Crippen molar-refractivity contribution in [2.45, 2.75) is 26.3 Å². The summed E-state index contributed by atoms with van der Waals surface area (Å²) in [6, 6.07) is 0. The quantitative estimate of drug-likeness (QED) is 0.505. The molecule has 0 saturated carbocycles. The predicted molar refractivity (Wildman–Crippen MR) is 39.0 cm³/mol. The minimum atomic E-state index is -1.25. The van der Waals surface area contributed by atoms with Gasteiger partial charge >= 0.3 is 6.16 Å². The third-order valence-corrected chi connectivity index (χ3v) is 0.175. The number of carboxylic acid groups (broad SMARTS) is 1. The molecule has 0 atom stereocenters. The van der Waals surface area contributed by atoms with E-state index in [1.807, 2.05) is 20.8 Å². The van der Waals surface area contributed by atoms with Crippen LogP contribution < -0.4 is 5.73 Å². The standard InChI is InChI=1S/C4H11N.C2H4O3/c1-4(2,3)5;1-5-2(3)4/h5H2,1-3H3;1H3,(H,3,4). The summed E-state index contributed by atoms with van der Waals surface area (Å²) in [6.07, 6.45) is -1.25. The highest BCUT2D eigenvalue weighted by atomic mass is 16.6. The fraction of sp³-hybridized carbons (Fsp3) is 0.833. The van der Waals surface area contributed by atoms with Gasteiger partial charge in [0.25, 0.3) is 0 Å². The number of hydrogen-bond donors (Lipinski definition) is 2. The highest BCUT2D eigenvalue weighted by molar-refractivity contribution is 5.56. The third-order valence-electron chi connectivity index (χ3n) is 0.175. The summed E-state index contributed by atoms with van der Waals surface area (Å²) < 4.78 is 3.67. The Bertz CT molecular complexity index is 89.7. The van der Waals surface area contributed by atoms with Crippen molar-refractivity contribution in [1.82, 2.24) is 0 Å². The van der Waals surface area contributed by atoms with E-state index in [4.69, 9.17) is 15.6 Å². The van der Waals surface area contributed by atoms with Gasteiger partial charge in [0.1, 0.15) is 0 Å². The minimum Gasteiger partial charge on any atom is -0.450 e. The van der Waals surface area contributed by atoms with Gasteiger partial charge in [-0.15, -0.1) is 0 Å². The number of rotatable bonds is 0. The molecule has 0 radical (unpaired) electrons. The summed E-state index contributed by atoms with van der Waals surface area (Å²) in [5.74, 6) is 0. The lowest BCUT2D eigenvalue weighted by Gasteiger charge is -2.06. The first-order valence-corrected chi connectivity index (χ1v) is 2.83.